The summed E-state index contributed by atoms with van der Waals surface area (Å²) in [5, 5.41) is 10.8. The molecule has 2 aromatic carbocycles. The molecule has 0 fully saturated rings. The lowest BCUT2D eigenvalue weighted by atomic mass is 10.1. The van der Waals surface area contributed by atoms with E-state index in [0.29, 0.717) is 6.61 Å². The highest BCUT2D eigenvalue weighted by Gasteiger charge is 2.21. The van der Waals surface area contributed by atoms with E-state index in [1.165, 1.54) is 34.5 Å². The molecule has 0 radical (unpaired) electrons. The summed E-state index contributed by atoms with van der Waals surface area (Å²) in [5.41, 5.74) is 4.78. The molecule has 3 heterocycles. The van der Waals surface area contributed by atoms with E-state index in [1.54, 1.807) is 11.3 Å². The Kier molecular flexibility index (Phi) is 5.53. The van der Waals surface area contributed by atoms with Crippen LogP contribution in [0.2, 0.25) is 0 Å². The molecular weight excluding hydrogens is 390 g/mol. The number of rotatable bonds is 6. The number of ether oxygens (including phenoxy) is 1. The Morgan fingerprint density at radius 3 is 2.63 bits per heavy atom. The number of benzene rings is 2. The second-order valence-electron chi connectivity index (χ2n) is 7.59. The largest absolute Gasteiger partial charge is 0.489 e. The van der Waals surface area contributed by atoms with E-state index in [4.69, 9.17) is 9.84 Å². The monoisotopic (exact) mass is 415 g/mol. The van der Waals surface area contributed by atoms with Crippen molar-refractivity contribution in [3.63, 3.8) is 0 Å². The van der Waals surface area contributed by atoms with Gasteiger partial charge in [-0.05, 0) is 60.5 Å². The molecule has 0 spiro atoms. The van der Waals surface area contributed by atoms with Crippen LogP contribution in [0.25, 0.3) is 5.69 Å². The maximum Gasteiger partial charge on any atom is 0.133 e. The minimum absolute atomic E-state index is 0.573. The van der Waals surface area contributed by atoms with Gasteiger partial charge in [0.25, 0.3) is 0 Å². The average molecular weight is 416 g/mol. The van der Waals surface area contributed by atoms with Gasteiger partial charge in [-0.1, -0.05) is 36.4 Å². The van der Waals surface area contributed by atoms with Crippen LogP contribution in [0.1, 0.15) is 34.5 Å². The van der Waals surface area contributed by atoms with Crippen LogP contribution in [0.15, 0.2) is 72.1 Å². The molecule has 0 amide bonds. The Bertz CT molecular complexity index is 1090. The fourth-order valence-electron chi connectivity index (χ4n) is 3.90. The summed E-state index contributed by atoms with van der Waals surface area (Å²) in [5.74, 6) is 2.02. The molecule has 152 valence electrons. The lowest BCUT2D eigenvalue weighted by molar-refractivity contribution is 0.306. The van der Waals surface area contributed by atoms with E-state index in [9.17, 15) is 0 Å². The lowest BCUT2D eigenvalue weighted by Gasteiger charge is -2.11. The van der Waals surface area contributed by atoms with Crippen molar-refractivity contribution < 1.29 is 4.74 Å². The van der Waals surface area contributed by atoms with Gasteiger partial charge < -0.3 is 10.1 Å². The summed E-state index contributed by atoms with van der Waals surface area (Å²) in [6.07, 6.45) is 4.38. The fraction of sp³-hybridized carbons (Fsp3) is 0.240. The molecule has 4 nitrogen and oxygen atoms in total. The van der Waals surface area contributed by atoms with E-state index >= 15 is 0 Å². The number of fused-ring (bicyclic) bond motifs is 1. The summed E-state index contributed by atoms with van der Waals surface area (Å²) >= 11 is 1.80. The van der Waals surface area contributed by atoms with Crippen molar-refractivity contribution in [2.75, 3.05) is 11.9 Å². The molecule has 5 heteroatoms. The van der Waals surface area contributed by atoms with Gasteiger partial charge in [0.15, 0.2) is 0 Å². The molecule has 1 aliphatic heterocycles. The molecule has 0 atom stereocenters. The van der Waals surface area contributed by atoms with Crippen LogP contribution in [0.5, 0.6) is 5.75 Å². The summed E-state index contributed by atoms with van der Waals surface area (Å²) in [6.45, 7) is 1.57. The maximum atomic E-state index is 5.95. The van der Waals surface area contributed by atoms with Crippen molar-refractivity contribution in [3.05, 3.63) is 93.8 Å². The quantitative estimate of drug-likeness (QED) is 0.429. The zero-order valence-electron chi connectivity index (χ0n) is 16.9. The van der Waals surface area contributed by atoms with Crippen LogP contribution < -0.4 is 10.1 Å². The molecule has 0 saturated heterocycles. The lowest BCUT2D eigenvalue weighted by Crippen LogP contribution is -2.07. The van der Waals surface area contributed by atoms with E-state index < -0.39 is 0 Å². The molecule has 4 aromatic rings. The number of aromatic nitrogens is 2. The van der Waals surface area contributed by atoms with Gasteiger partial charge in [0.1, 0.15) is 18.2 Å². The summed E-state index contributed by atoms with van der Waals surface area (Å²) in [7, 11) is 0. The smallest absolute Gasteiger partial charge is 0.133 e. The summed E-state index contributed by atoms with van der Waals surface area (Å²) in [6, 6.07) is 22.8. The zero-order valence-corrected chi connectivity index (χ0v) is 17.7. The summed E-state index contributed by atoms with van der Waals surface area (Å²) < 4.78 is 8.02. The third-order valence-corrected chi connectivity index (χ3v) is 6.34. The predicted molar refractivity (Wildman–Crippen MR) is 123 cm³/mol. The highest BCUT2D eigenvalue weighted by atomic mass is 32.1. The number of nitrogens with one attached hydrogen (secondary N) is 1. The molecule has 0 bridgehead atoms. The van der Waals surface area contributed by atoms with Crippen LogP contribution in [0.4, 0.5) is 5.82 Å². The number of anilines is 1. The maximum absolute atomic E-state index is 5.95. The Labute approximate surface area is 181 Å². The van der Waals surface area contributed by atoms with Crippen molar-refractivity contribution >= 4 is 17.2 Å². The minimum atomic E-state index is 0.573. The van der Waals surface area contributed by atoms with Gasteiger partial charge in [-0.15, -0.1) is 11.3 Å². The van der Waals surface area contributed by atoms with Crippen LogP contribution in [0.3, 0.4) is 0 Å². The van der Waals surface area contributed by atoms with E-state index in [1.807, 2.05) is 30.3 Å². The number of hydrogen-bond donors (Lipinski definition) is 1. The van der Waals surface area contributed by atoms with Crippen molar-refractivity contribution in [3.8, 4) is 11.4 Å². The minimum Gasteiger partial charge on any atom is -0.489 e. The predicted octanol–water partition coefficient (Wildman–Crippen LogP) is 5.85. The Balaban J connectivity index is 1.39. The molecule has 1 N–H and O–H groups in total. The van der Waals surface area contributed by atoms with Gasteiger partial charge in [0, 0.05) is 23.4 Å². The van der Waals surface area contributed by atoms with Crippen molar-refractivity contribution in [2.45, 2.75) is 32.3 Å². The first-order valence-corrected chi connectivity index (χ1v) is 11.4. The number of hydrogen-bond acceptors (Lipinski definition) is 4. The van der Waals surface area contributed by atoms with Gasteiger partial charge in [-0.2, -0.15) is 5.10 Å². The number of nitrogens with zero attached hydrogens (tertiary/aromatic N) is 2. The van der Waals surface area contributed by atoms with Gasteiger partial charge in [-0.25, -0.2) is 4.68 Å². The molecule has 0 aliphatic carbocycles. The third-order valence-electron chi connectivity index (χ3n) is 5.46. The van der Waals surface area contributed by atoms with E-state index in [-0.39, 0.29) is 0 Å². The molecule has 30 heavy (non-hydrogen) atoms. The molecule has 0 unspecified atom stereocenters. The van der Waals surface area contributed by atoms with Crippen LogP contribution in [0, 0.1) is 0 Å². The van der Waals surface area contributed by atoms with E-state index in [0.717, 1.165) is 36.6 Å². The summed E-state index contributed by atoms with van der Waals surface area (Å²) in [4.78, 5) is 1.36. The highest BCUT2D eigenvalue weighted by molar-refractivity contribution is 7.09. The first-order valence-electron chi connectivity index (χ1n) is 10.5. The molecule has 2 aromatic heterocycles. The Morgan fingerprint density at radius 1 is 0.967 bits per heavy atom. The highest BCUT2D eigenvalue weighted by Crippen LogP contribution is 2.30. The Morgan fingerprint density at radius 2 is 1.83 bits per heavy atom. The Hall–Kier alpha value is -3.05. The first kappa shape index (κ1) is 18.9. The molecule has 5 rings (SSSR count). The van der Waals surface area contributed by atoms with Gasteiger partial charge in [0.05, 0.1) is 11.4 Å². The first-order chi connectivity index (χ1) is 14.9. The van der Waals surface area contributed by atoms with Crippen LogP contribution in [-0.4, -0.2) is 16.3 Å². The van der Waals surface area contributed by atoms with Gasteiger partial charge in [-0.3, -0.25) is 0 Å². The standard InChI is InChI=1S/C25H25N3OS/c1-2-7-19(8-3-1)18-29-21-13-11-20(12-14-21)28-25-23(10-4-5-15-26-25)24(27-28)17-22-9-6-16-30-22/h1-3,6-9,11-14,16,26H,4-5,10,15,17-18H2. The second-order valence-corrected chi connectivity index (χ2v) is 8.63. The van der Waals surface area contributed by atoms with Crippen molar-refractivity contribution in [1.29, 1.82) is 0 Å². The van der Waals surface area contributed by atoms with E-state index in [2.05, 4.69) is 51.8 Å². The SMILES string of the molecule is c1ccc(COc2ccc(-n3nc(Cc4cccs4)c4c3NCCCC4)cc2)cc1. The normalized spacial score (nSPS) is 13.3. The average Bonchev–Trinajstić information content (AvgIpc) is 3.35. The number of thiophene rings is 1. The third kappa shape index (κ3) is 4.12. The van der Waals surface area contributed by atoms with Crippen molar-refractivity contribution in [2.24, 2.45) is 0 Å². The van der Waals surface area contributed by atoms with Gasteiger partial charge in [0.2, 0.25) is 0 Å². The zero-order chi connectivity index (χ0) is 20.2. The van der Waals surface area contributed by atoms with Crippen LogP contribution >= 0.6 is 11.3 Å². The molecular formula is C25H25N3OS. The van der Waals surface area contributed by atoms with Crippen molar-refractivity contribution in [1.82, 2.24) is 9.78 Å². The molecule has 0 saturated carbocycles. The van der Waals surface area contributed by atoms with Crippen LogP contribution in [-0.2, 0) is 19.4 Å². The second kappa shape index (κ2) is 8.76. The molecule has 1 aliphatic rings. The fourth-order valence-corrected chi connectivity index (χ4v) is 4.61. The topological polar surface area (TPSA) is 39.1 Å². The van der Waals surface area contributed by atoms with Gasteiger partial charge >= 0.3 is 0 Å².